The van der Waals surface area contributed by atoms with Gasteiger partial charge in [0, 0.05) is 5.56 Å². The molecule has 0 spiro atoms. The second kappa shape index (κ2) is 4.45. The van der Waals surface area contributed by atoms with Crippen LogP contribution in [-0.4, -0.2) is 26.6 Å². The number of carboxylic acids is 1. The first-order valence-electron chi connectivity index (χ1n) is 5.31. The summed E-state index contributed by atoms with van der Waals surface area (Å²) in [6.07, 6.45) is 1.28. The summed E-state index contributed by atoms with van der Waals surface area (Å²) in [6.45, 7) is 0. The summed E-state index contributed by atoms with van der Waals surface area (Å²) in [6, 6.07) is 4.77. The zero-order valence-electron chi connectivity index (χ0n) is 9.71. The first-order chi connectivity index (χ1) is 8.46. The number of benzene rings is 1. The van der Waals surface area contributed by atoms with Crippen molar-refractivity contribution >= 4 is 21.9 Å². The van der Waals surface area contributed by atoms with E-state index in [4.69, 9.17) is 9.84 Å². The van der Waals surface area contributed by atoms with Gasteiger partial charge in [0.15, 0.2) is 0 Å². The Labute approximate surface area is 105 Å². The normalized spacial score (nSPS) is 15.9. The molecule has 0 aliphatic carbocycles. The van der Waals surface area contributed by atoms with Gasteiger partial charge >= 0.3 is 5.97 Å². The van der Waals surface area contributed by atoms with Gasteiger partial charge in [-0.25, -0.2) is 8.42 Å². The molecular weight excluding hydrogens is 256 g/mol. The van der Waals surface area contributed by atoms with Crippen LogP contribution in [0, 0.1) is 0 Å². The van der Waals surface area contributed by atoms with Crippen molar-refractivity contribution in [3.8, 4) is 5.75 Å². The van der Waals surface area contributed by atoms with E-state index < -0.39 is 15.8 Å². The summed E-state index contributed by atoms with van der Waals surface area (Å²) >= 11 is 0. The van der Waals surface area contributed by atoms with E-state index in [2.05, 4.69) is 0 Å². The van der Waals surface area contributed by atoms with E-state index >= 15 is 0 Å². The average molecular weight is 268 g/mol. The van der Waals surface area contributed by atoms with E-state index in [0.29, 0.717) is 11.3 Å². The predicted molar refractivity (Wildman–Crippen MR) is 65.0 cm³/mol. The molecule has 0 unspecified atom stereocenters. The summed E-state index contributed by atoms with van der Waals surface area (Å²) < 4.78 is 29.4. The van der Waals surface area contributed by atoms with Crippen molar-refractivity contribution in [1.29, 1.82) is 0 Å². The van der Waals surface area contributed by atoms with Crippen LogP contribution in [0.15, 0.2) is 28.0 Å². The smallest absolute Gasteiger partial charge is 0.303 e. The minimum absolute atomic E-state index is 0.00446. The quantitative estimate of drug-likeness (QED) is 0.898. The Morgan fingerprint density at radius 1 is 1.39 bits per heavy atom. The molecule has 1 aromatic rings. The van der Waals surface area contributed by atoms with Crippen LogP contribution in [0.25, 0.3) is 6.08 Å². The summed E-state index contributed by atoms with van der Waals surface area (Å²) in [5.41, 5.74) is 0.500. The number of ether oxygens (including phenoxy) is 1. The van der Waals surface area contributed by atoms with Crippen molar-refractivity contribution < 1.29 is 23.1 Å². The number of carboxylic acid groups (broad SMARTS) is 1. The van der Waals surface area contributed by atoms with Gasteiger partial charge in [-0.3, -0.25) is 4.79 Å². The molecule has 0 fully saturated rings. The number of fused-ring (bicyclic) bond motifs is 1. The largest absolute Gasteiger partial charge is 0.496 e. The molecule has 18 heavy (non-hydrogen) atoms. The lowest BCUT2D eigenvalue weighted by molar-refractivity contribution is -0.136. The molecule has 0 atom stereocenters. The second-order valence-corrected chi connectivity index (χ2v) is 5.85. The number of carbonyl (C=O) groups is 1. The fraction of sp³-hybridized carbons (Fsp3) is 0.250. The molecule has 5 nitrogen and oxygen atoms in total. The maximum atomic E-state index is 12.1. The lowest BCUT2D eigenvalue weighted by atomic mass is 10.1. The van der Waals surface area contributed by atoms with E-state index in [-0.39, 0.29) is 22.6 Å². The van der Waals surface area contributed by atoms with Crippen molar-refractivity contribution in [3.63, 3.8) is 0 Å². The molecule has 0 saturated heterocycles. The Morgan fingerprint density at radius 2 is 2.11 bits per heavy atom. The fourth-order valence-corrected chi connectivity index (χ4v) is 3.53. The topological polar surface area (TPSA) is 80.7 Å². The summed E-state index contributed by atoms with van der Waals surface area (Å²) in [5.74, 6) is -0.546. The third kappa shape index (κ3) is 1.99. The number of rotatable bonds is 4. The maximum Gasteiger partial charge on any atom is 0.303 e. The Balaban J connectivity index is 2.45. The minimum atomic E-state index is -3.56. The van der Waals surface area contributed by atoms with Crippen molar-refractivity contribution in [1.82, 2.24) is 0 Å². The fourth-order valence-electron chi connectivity index (χ4n) is 1.89. The van der Waals surface area contributed by atoms with E-state index in [9.17, 15) is 13.2 Å². The van der Waals surface area contributed by atoms with Crippen molar-refractivity contribution in [2.75, 3.05) is 7.11 Å². The molecule has 1 heterocycles. The molecule has 1 N–H and O–H groups in total. The van der Waals surface area contributed by atoms with Gasteiger partial charge in [-0.1, -0.05) is 6.07 Å². The number of hydrogen-bond acceptors (Lipinski definition) is 4. The Morgan fingerprint density at radius 3 is 2.72 bits per heavy atom. The third-order valence-electron chi connectivity index (χ3n) is 2.77. The van der Waals surface area contributed by atoms with Crippen molar-refractivity contribution in [2.45, 2.75) is 17.7 Å². The second-order valence-electron chi connectivity index (χ2n) is 3.88. The number of aliphatic carboxylic acids is 1. The number of allylic oxidation sites excluding steroid dienone is 1. The predicted octanol–water partition coefficient (Wildman–Crippen LogP) is 1.69. The van der Waals surface area contributed by atoms with Crippen LogP contribution in [0.3, 0.4) is 0 Å². The summed E-state index contributed by atoms with van der Waals surface area (Å²) in [4.78, 5) is 10.8. The molecule has 0 radical (unpaired) electrons. The summed E-state index contributed by atoms with van der Waals surface area (Å²) in [5, 5.41) is 8.62. The highest BCUT2D eigenvalue weighted by molar-refractivity contribution is 7.95. The van der Waals surface area contributed by atoms with Crippen LogP contribution >= 0.6 is 0 Å². The summed E-state index contributed by atoms with van der Waals surface area (Å²) in [7, 11) is -2.09. The molecule has 6 heteroatoms. The van der Waals surface area contributed by atoms with Crippen LogP contribution in [0.4, 0.5) is 0 Å². The van der Waals surface area contributed by atoms with Gasteiger partial charge in [-0.2, -0.15) is 0 Å². The molecule has 0 amide bonds. The van der Waals surface area contributed by atoms with Crippen LogP contribution in [0.2, 0.25) is 0 Å². The molecule has 1 aromatic carbocycles. The maximum absolute atomic E-state index is 12.1. The number of methoxy groups -OCH3 is 1. The molecule has 2 rings (SSSR count). The molecular formula is C12H12O5S. The van der Waals surface area contributed by atoms with E-state index in [1.165, 1.54) is 19.3 Å². The first-order valence-corrected chi connectivity index (χ1v) is 6.79. The van der Waals surface area contributed by atoms with Gasteiger partial charge < -0.3 is 9.84 Å². The highest BCUT2D eigenvalue weighted by atomic mass is 32.2. The lowest BCUT2D eigenvalue weighted by Gasteiger charge is -2.05. The van der Waals surface area contributed by atoms with Crippen LogP contribution in [0.5, 0.6) is 5.75 Å². The molecule has 1 aliphatic heterocycles. The van der Waals surface area contributed by atoms with Crippen molar-refractivity contribution in [3.05, 3.63) is 28.7 Å². The molecule has 0 aromatic heterocycles. The van der Waals surface area contributed by atoms with E-state index in [1.54, 1.807) is 12.1 Å². The van der Waals surface area contributed by atoms with E-state index in [0.717, 1.165) is 0 Å². The van der Waals surface area contributed by atoms with Gasteiger partial charge in [-0.15, -0.1) is 0 Å². The van der Waals surface area contributed by atoms with Crippen LogP contribution in [0.1, 0.15) is 18.4 Å². The Hall–Kier alpha value is -1.82. The van der Waals surface area contributed by atoms with Crippen LogP contribution < -0.4 is 4.74 Å². The van der Waals surface area contributed by atoms with Crippen LogP contribution in [-0.2, 0) is 14.6 Å². The molecule has 0 saturated carbocycles. The lowest BCUT2D eigenvalue weighted by Crippen LogP contribution is -2.03. The third-order valence-corrected chi connectivity index (χ3v) is 4.72. The zero-order valence-corrected chi connectivity index (χ0v) is 10.5. The Bertz CT molecular complexity index is 628. The van der Waals surface area contributed by atoms with Gasteiger partial charge in [0.2, 0.25) is 9.84 Å². The number of sulfone groups is 1. The van der Waals surface area contributed by atoms with Gasteiger partial charge in [-0.05, 0) is 24.6 Å². The highest BCUT2D eigenvalue weighted by Gasteiger charge is 2.31. The molecule has 96 valence electrons. The van der Waals surface area contributed by atoms with Gasteiger partial charge in [0.25, 0.3) is 0 Å². The van der Waals surface area contributed by atoms with E-state index in [1.807, 2.05) is 0 Å². The number of hydrogen-bond donors (Lipinski definition) is 1. The standard InChI is InChI=1S/C12H12O5S/c1-17-10-3-2-4-11-9(10)7-8(18(11,15)16)5-6-12(13)14/h2-4,7H,5-6H2,1H3,(H,13,14). The average Bonchev–Trinajstić information content (AvgIpc) is 2.58. The Kier molecular flexibility index (Phi) is 3.13. The molecule has 1 aliphatic rings. The molecule has 0 bridgehead atoms. The monoisotopic (exact) mass is 268 g/mol. The first kappa shape index (κ1) is 12.6. The van der Waals surface area contributed by atoms with Crippen molar-refractivity contribution in [2.24, 2.45) is 0 Å². The highest BCUT2D eigenvalue weighted by Crippen LogP contribution is 2.39. The zero-order chi connectivity index (χ0) is 13.3. The van der Waals surface area contributed by atoms with Gasteiger partial charge in [0.05, 0.1) is 23.3 Å². The minimum Gasteiger partial charge on any atom is -0.496 e. The SMILES string of the molecule is COc1cccc2c1C=C(CCC(=O)O)S2(=O)=O. The van der Waals surface area contributed by atoms with Gasteiger partial charge in [0.1, 0.15) is 5.75 Å².